The highest BCUT2D eigenvalue weighted by Crippen LogP contribution is 2.35. The van der Waals surface area contributed by atoms with Crippen LogP contribution in [0, 0.1) is 0 Å². The van der Waals surface area contributed by atoms with Crippen LogP contribution in [-0.2, 0) is 4.52 Å². The Morgan fingerprint density at radius 1 is 1.12 bits per heavy atom. The second kappa shape index (κ2) is 4.77. The average molecular weight is 270 g/mol. The van der Waals surface area contributed by atoms with Gasteiger partial charge < -0.3 is 10.5 Å². The molecule has 0 aliphatic carbocycles. The Labute approximate surface area is 108 Å². The number of nitrogens with two attached hydrogens (primary N) is 1. The van der Waals surface area contributed by atoms with E-state index in [-0.39, 0.29) is 6.01 Å². The molecule has 88 valence electrons. The molecule has 1 aromatic carbocycles. The topological polar surface area (TPSA) is 61.0 Å². The maximum absolute atomic E-state index is 6.08. The largest absolute Gasteiger partial charge is 0.422 e. The van der Waals surface area contributed by atoms with Gasteiger partial charge in [-0.3, -0.25) is 0 Å². The number of nitrogen functional groups attached to an aromatic ring is 1. The molecule has 0 atom stereocenters. The third kappa shape index (κ3) is 2.99. The summed E-state index contributed by atoms with van der Waals surface area (Å²) in [5, 5.41) is 0. The van der Waals surface area contributed by atoms with Gasteiger partial charge in [0.15, 0.2) is 0 Å². The quantitative estimate of drug-likeness (QED) is 0.688. The maximum atomic E-state index is 6.08. The normalized spacial score (nSPS) is 11.2. The molecule has 0 saturated carbocycles. The predicted molar refractivity (Wildman–Crippen MR) is 66.9 cm³/mol. The van der Waals surface area contributed by atoms with Crippen molar-refractivity contribution in [2.24, 2.45) is 0 Å². The van der Waals surface area contributed by atoms with Crippen LogP contribution in [0.2, 0.25) is 0 Å². The fourth-order valence-electron chi connectivity index (χ4n) is 1.23. The van der Waals surface area contributed by atoms with E-state index in [1.807, 2.05) is 0 Å². The second-order valence-corrected chi connectivity index (χ2v) is 4.53. The first kappa shape index (κ1) is 12.0. The van der Waals surface area contributed by atoms with Gasteiger partial charge in [0, 0.05) is 23.6 Å². The molecule has 2 N–H and O–H groups in total. The van der Waals surface area contributed by atoms with Crippen LogP contribution in [0.25, 0.3) is 0 Å². The fraction of sp³-hybridized carbons (Fsp3) is 0.0909. The van der Waals surface area contributed by atoms with Crippen molar-refractivity contribution >= 4 is 28.9 Å². The van der Waals surface area contributed by atoms with Crippen LogP contribution < -0.4 is 10.5 Å². The van der Waals surface area contributed by atoms with Crippen molar-refractivity contribution < 1.29 is 4.74 Å². The number of hydrogen-bond donors (Lipinski definition) is 1. The summed E-state index contributed by atoms with van der Waals surface area (Å²) in [5.41, 5.74) is 6.71. The van der Waals surface area contributed by atoms with Gasteiger partial charge in [0.25, 0.3) is 4.52 Å². The number of rotatable bonds is 3. The van der Waals surface area contributed by atoms with Crippen LogP contribution in [0.3, 0.4) is 0 Å². The average Bonchev–Trinajstić information content (AvgIpc) is 2.30. The monoisotopic (exact) mass is 269 g/mol. The predicted octanol–water partition coefficient (Wildman–Crippen LogP) is 2.73. The SMILES string of the molecule is Nc1cccc(C(Cl)(Cl)Oc2ncccn2)c1. The molecule has 2 aromatic rings. The molecular weight excluding hydrogens is 261 g/mol. The third-order valence-electron chi connectivity index (χ3n) is 1.98. The van der Waals surface area contributed by atoms with E-state index in [1.54, 1.807) is 30.3 Å². The highest BCUT2D eigenvalue weighted by molar-refractivity contribution is 6.47. The Balaban J connectivity index is 2.25. The van der Waals surface area contributed by atoms with E-state index in [2.05, 4.69) is 9.97 Å². The van der Waals surface area contributed by atoms with Crippen molar-refractivity contribution in [2.75, 3.05) is 5.73 Å². The van der Waals surface area contributed by atoms with Crippen LogP contribution in [0.5, 0.6) is 6.01 Å². The maximum Gasteiger partial charge on any atom is 0.319 e. The number of anilines is 1. The number of halogens is 2. The summed E-state index contributed by atoms with van der Waals surface area (Å²) in [6.07, 6.45) is 3.07. The molecule has 0 saturated heterocycles. The zero-order valence-corrected chi connectivity index (χ0v) is 10.2. The molecular formula is C11H9Cl2N3O. The summed E-state index contributed by atoms with van der Waals surface area (Å²) >= 11 is 12.2. The van der Waals surface area contributed by atoms with E-state index in [0.29, 0.717) is 11.3 Å². The minimum atomic E-state index is -1.57. The van der Waals surface area contributed by atoms with Gasteiger partial charge in [0.1, 0.15) is 0 Å². The Hall–Kier alpha value is -1.52. The highest BCUT2D eigenvalue weighted by Gasteiger charge is 2.30. The van der Waals surface area contributed by atoms with Gasteiger partial charge >= 0.3 is 6.01 Å². The summed E-state index contributed by atoms with van der Waals surface area (Å²) < 4.78 is 3.72. The van der Waals surface area contributed by atoms with Crippen molar-refractivity contribution in [3.63, 3.8) is 0 Å². The smallest absolute Gasteiger partial charge is 0.319 e. The lowest BCUT2D eigenvalue weighted by molar-refractivity contribution is 0.225. The first-order valence-corrected chi connectivity index (χ1v) is 5.53. The summed E-state index contributed by atoms with van der Waals surface area (Å²) in [7, 11) is 0. The minimum absolute atomic E-state index is 0.0972. The number of nitrogens with zero attached hydrogens (tertiary/aromatic N) is 2. The first-order valence-electron chi connectivity index (χ1n) is 4.78. The molecule has 0 amide bonds. The molecule has 2 rings (SSSR count). The number of benzene rings is 1. The van der Waals surface area contributed by atoms with Crippen LogP contribution in [0.15, 0.2) is 42.7 Å². The Morgan fingerprint density at radius 2 is 1.82 bits per heavy atom. The van der Waals surface area contributed by atoms with E-state index < -0.39 is 4.52 Å². The third-order valence-corrected chi connectivity index (χ3v) is 2.57. The lowest BCUT2D eigenvalue weighted by Gasteiger charge is -2.20. The van der Waals surface area contributed by atoms with Crippen molar-refractivity contribution in [3.8, 4) is 6.01 Å². The molecule has 0 spiro atoms. The van der Waals surface area contributed by atoms with Crippen molar-refractivity contribution in [1.82, 2.24) is 9.97 Å². The van der Waals surface area contributed by atoms with Gasteiger partial charge in [-0.15, -0.1) is 0 Å². The van der Waals surface area contributed by atoms with Crippen LogP contribution in [0.1, 0.15) is 5.56 Å². The molecule has 6 heteroatoms. The standard InChI is InChI=1S/C11H9Cl2N3O/c12-11(13,8-3-1-4-9(14)7-8)17-10-15-5-2-6-16-10/h1-7H,14H2. The lowest BCUT2D eigenvalue weighted by atomic mass is 10.2. The molecule has 17 heavy (non-hydrogen) atoms. The van der Waals surface area contributed by atoms with Gasteiger partial charge in [-0.25, -0.2) is 9.97 Å². The fourth-order valence-corrected chi connectivity index (χ4v) is 1.60. The lowest BCUT2D eigenvalue weighted by Crippen LogP contribution is -2.20. The number of ether oxygens (including phenoxy) is 1. The Bertz CT molecular complexity index is 505. The van der Waals surface area contributed by atoms with Gasteiger partial charge in [-0.05, 0) is 18.2 Å². The van der Waals surface area contributed by atoms with E-state index >= 15 is 0 Å². The zero-order valence-electron chi connectivity index (χ0n) is 8.68. The molecule has 0 unspecified atom stereocenters. The second-order valence-electron chi connectivity index (χ2n) is 3.28. The van der Waals surface area contributed by atoms with E-state index in [0.717, 1.165) is 0 Å². The molecule has 0 radical (unpaired) electrons. The highest BCUT2D eigenvalue weighted by atomic mass is 35.5. The molecule has 0 aliphatic rings. The van der Waals surface area contributed by atoms with Crippen LogP contribution >= 0.6 is 23.2 Å². The number of hydrogen-bond acceptors (Lipinski definition) is 4. The minimum Gasteiger partial charge on any atom is -0.422 e. The van der Waals surface area contributed by atoms with Gasteiger partial charge in [0.05, 0.1) is 0 Å². The Kier molecular flexibility index (Phi) is 3.36. The molecule has 0 fully saturated rings. The van der Waals surface area contributed by atoms with Gasteiger partial charge in [-0.1, -0.05) is 35.3 Å². The van der Waals surface area contributed by atoms with Gasteiger partial charge in [-0.2, -0.15) is 0 Å². The summed E-state index contributed by atoms with van der Waals surface area (Å²) in [4.78, 5) is 7.76. The summed E-state index contributed by atoms with van der Waals surface area (Å²) in [6.45, 7) is 0. The molecule has 1 aromatic heterocycles. The van der Waals surface area contributed by atoms with Crippen molar-refractivity contribution in [2.45, 2.75) is 4.52 Å². The van der Waals surface area contributed by atoms with Crippen molar-refractivity contribution in [3.05, 3.63) is 48.3 Å². The van der Waals surface area contributed by atoms with E-state index in [1.165, 1.54) is 12.4 Å². The number of aromatic nitrogens is 2. The number of alkyl halides is 2. The summed E-state index contributed by atoms with van der Waals surface area (Å²) in [5.74, 6) is 0. The first-order chi connectivity index (χ1) is 8.08. The summed E-state index contributed by atoms with van der Waals surface area (Å²) in [6, 6.07) is 8.56. The van der Waals surface area contributed by atoms with E-state index in [4.69, 9.17) is 33.7 Å². The van der Waals surface area contributed by atoms with E-state index in [9.17, 15) is 0 Å². The zero-order chi connectivity index (χ0) is 12.3. The van der Waals surface area contributed by atoms with Gasteiger partial charge in [0.2, 0.25) is 0 Å². The molecule has 1 heterocycles. The molecule has 4 nitrogen and oxygen atoms in total. The molecule has 0 bridgehead atoms. The Morgan fingerprint density at radius 3 is 2.47 bits per heavy atom. The van der Waals surface area contributed by atoms with Crippen LogP contribution in [0.4, 0.5) is 5.69 Å². The molecule has 0 aliphatic heterocycles. The van der Waals surface area contributed by atoms with Crippen molar-refractivity contribution in [1.29, 1.82) is 0 Å². The van der Waals surface area contributed by atoms with Crippen LogP contribution in [-0.4, -0.2) is 9.97 Å².